The molecule has 0 heterocycles. The maximum absolute atomic E-state index is 13.2. The highest BCUT2D eigenvalue weighted by molar-refractivity contribution is 5.17. The molecule has 0 aromatic heterocycles. The second-order valence-electron chi connectivity index (χ2n) is 4.32. The van der Waals surface area contributed by atoms with Crippen LogP contribution in [0.5, 0.6) is 0 Å². The molecule has 0 unspecified atom stereocenters. The first-order valence-corrected chi connectivity index (χ1v) is 5.80. The van der Waals surface area contributed by atoms with Crippen LogP contribution in [0.2, 0.25) is 0 Å². The average molecular weight is 207 g/mol. The van der Waals surface area contributed by atoms with E-state index in [9.17, 15) is 4.39 Å². The zero-order valence-electron chi connectivity index (χ0n) is 9.01. The molecule has 0 radical (unpaired) electrons. The van der Waals surface area contributed by atoms with Crippen LogP contribution < -0.4 is 5.32 Å². The standard InChI is InChI=1S/C13H18FN/c14-13-4-2-1-3-12(13)8-10-15-9-7-11-5-6-11/h1-4,11,15H,5-10H2. The van der Waals surface area contributed by atoms with Gasteiger partial charge in [0.25, 0.3) is 0 Å². The van der Waals surface area contributed by atoms with E-state index in [1.165, 1.54) is 25.3 Å². The Morgan fingerprint density at radius 2 is 2.00 bits per heavy atom. The Balaban J connectivity index is 1.62. The van der Waals surface area contributed by atoms with E-state index in [1.807, 2.05) is 12.1 Å². The molecule has 1 saturated carbocycles. The Labute approximate surface area is 90.7 Å². The molecule has 1 aliphatic rings. The molecule has 1 aliphatic carbocycles. The lowest BCUT2D eigenvalue weighted by molar-refractivity contribution is 0.584. The summed E-state index contributed by atoms with van der Waals surface area (Å²) in [5.74, 6) is 0.896. The first-order valence-electron chi connectivity index (χ1n) is 5.80. The molecule has 1 nitrogen and oxygen atoms in total. The summed E-state index contributed by atoms with van der Waals surface area (Å²) in [7, 11) is 0. The summed E-state index contributed by atoms with van der Waals surface area (Å²) in [5.41, 5.74) is 0.816. The molecule has 0 aliphatic heterocycles. The molecule has 1 aromatic carbocycles. The maximum atomic E-state index is 13.2. The summed E-state index contributed by atoms with van der Waals surface area (Å²) in [5, 5.41) is 3.37. The van der Waals surface area contributed by atoms with Crippen LogP contribution in [-0.4, -0.2) is 13.1 Å². The molecule has 0 bridgehead atoms. The minimum absolute atomic E-state index is 0.0820. The molecule has 1 fully saturated rings. The largest absolute Gasteiger partial charge is 0.316 e. The topological polar surface area (TPSA) is 12.0 Å². The molecule has 0 amide bonds. The Bertz CT molecular complexity index is 307. The number of halogens is 1. The lowest BCUT2D eigenvalue weighted by Crippen LogP contribution is -2.19. The molecule has 0 atom stereocenters. The minimum Gasteiger partial charge on any atom is -0.316 e. The van der Waals surface area contributed by atoms with E-state index >= 15 is 0 Å². The van der Waals surface area contributed by atoms with Crippen molar-refractivity contribution < 1.29 is 4.39 Å². The fourth-order valence-corrected chi connectivity index (χ4v) is 1.76. The summed E-state index contributed by atoms with van der Waals surface area (Å²) >= 11 is 0. The van der Waals surface area contributed by atoms with Gasteiger partial charge in [0, 0.05) is 0 Å². The quantitative estimate of drug-likeness (QED) is 0.707. The van der Waals surface area contributed by atoms with Crippen LogP contribution in [0.4, 0.5) is 4.39 Å². The minimum atomic E-state index is -0.0820. The van der Waals surface area contributed by atoms with Crippen LogP contribution in [-0.2, 0) is 6.42 Å². The molecule has 1 N–H and O–H groups in total. The van der Waals surface area contributed by atoms with Crippen LogP contribution in [0.15, 0.2) is 24.3 Å². The van der Waals surface area contributed by atoms with Crippen molar-refractivity contribution in [1.82, 2.24) is 5.32 Å². The van der Waals surface area contributed by atoms with Crippen molar-refractivity contribution in [3.63, 3.8) is 0 Å². The third kappa shape index (κ3) is 3.63. The number of benzene rings is 1. The van der Waals surface area contributed by atoms with Crippen LogP contribution in [0.25, 0.3) is 0 Å². The van der Waals surface area contributed by atoms with Gasteiger partial charge in [-0.25, -0.2) is 4.39 Å². The monoisotopic (exact) mass is 207 g/mol. The van der Waals surface area contributed by atoms with Crippen molar-refractivity contribution in [2.24, 2.45) is 5.92 Å². The van der Waals surface area contributed by atoms with Crippen LogP contribution >= 0.6 is 0 Å². The van der Waals surface area contributed by atoms with Crippen molar-refractivity contribution in [2.45, 2.75) is 25.7 Å². The van der Waals surface area contributed by atoms with Crippen molar-refractivity contribution in [2.75, 3.05) is 13.1 Å². The number of rotatable bonds is 6. The van der Waals surface area contributed by atoms with Gasteiger partial charge in [0.1, 0.15) is 5.82 Å². The number of nitrogens with one attached hydrogen (secondary N) is 1. The fourth-order valence-electron chi connectivity index (χ4n) is 1.76. The first-order chi connectivity index (χ1) is 7.36. The van der Waals surface area contributed by atoms with Crippen molar-refractivity contribution in [1.29, 1.82) is 0 Å². The van der Waals surface area contributed by atoms with E-state index in [0.29, 0.717) is 0 Å². The molecule has 0 saturated heterocycles. The molecule has 2 rings (SSSR count). The predicted octanol–water partition coefficient (Wildman–Crippen LogP) is 2.76. The normalized spacial score (nSPS) is 15.5. The van der Waals surface area contributed by atoms with Gasteiger partial charge in [-0.1, -0.05) is 31.0 Å². The molecule has 2 heteroatoms. The Hall–Kier alpha value is -0.890. The molecule has 15 heavy (non-hydrogen) atoms. The molecule has 1 aromatic rings. The van der Waals surface area contributed by atoms with E-state index in [4.69, 9.17) is 0 Å². The maximum Gasteiger partial charge on any atom is 0.126 e. The highest BCUT2D eigenvalue weighted by Gasteiger charge is 2.19. The SMILES string of the molecule is Fc1ccccc1CCNCCC1CC1. The lowest BCUT2D eigenvalue weighted by Gasteiger charge is -2.04. The summed E-state index contributed by atoms with van der Waals surface area (Å²) in [6.07, 6.45) is 4.90. The van der Waals surface area contributed by atoms with E-state index in [2.05, 4.69) is 5.32 Å². The van der Waals surface area contributed by atoms with Gasteiger partial charge in [-0.2, -0.15) is 0 Å². The molecular weight excluding hydrogens is 189 g/mol. The highest BCUT2D eigenvalue weighted by atomic mass is 19.1. The van der Waals surface area contributed by atoms with E-state index in [0.717, 1.165) is 31.0 Å². The van der Waals surface area contributed by atoms with Crippen molar-refractivity contribution in [3.8, 4) is 0 Å². The zero-order chi connectivity index (χ0) is 10.5. The number of hydrogen-bond donors (Lipinski definition) is 1. The third-order valence-corrected chi connectivity index (χ3v) is 2.96. The van der Waals surface area contributed by atoms with E-state index < -0.39 is 0 Å². The first kappa shape index (κ1) is 10.6. The Morgan fingerprint density at radius 1 is 1.20 bits per heavy atom. The van der Waals surface area contributed by atoms with Crippen LogP contribution in [0.1, 0.15) is 24.8 Å². The van der Waals surface area contributed by atoms with Gasteiger partial charge in [0.05, 0.1) is 0 Å². The van der Waals surface area contributed by atoms with E-state index in [1.54, 1.807) is 6.07 Å². The van der Waals surface area contributed by atoms with Gasteiger partial charge in [0.15, 0.2) is 0 Å². The number of hydrogen-bond acceptors (Lipinski definition) is 1. The van der Waals surface area contributed by atoms with Gasteiger partial charge >= 0.3 is 0 Å². The Kier molecular flexibility index (Phi) is 3.73. The predicted molar refractivity (Wildman–Crippen MR) is 60.3 cm³/mol. The lowest BCUT2D eigenvalue weighted by atomic mass is 10.1. The van der Waals surface area contributed by atoms with Gasteiger partial charge in [-0.3, -0.25) is 0 Å². The summed E-state index contributed by atoms with van der Waals surface area (Å²) in [6.45, 7) is 1.97. The van der Waals surface area contributed by atoms with Gasteiger partial charge in [-0.05, 0) is 43.5 Å². The third-order valence-electron chi connectivity index (χ3n) is 2.96. The molecule has 82 valence electrons. The fraction of sp³-hybridized carbons (Fsp3) is 0.538. The molecule has 0 spiro atoms. The summed E-state index contributed by atoms with van der Waals surface area (Å²) < 4.78 is 13.2. The van der Waals surface area contributed by atoms with Crippen LogP contribution in [0, 0.1) is 11.7 Å². The van der Waals surface area contributed by atoms with Crippen LogP contribution in [0.3, 0.4) is 0 Å². The van der Waals surface area contributed by atoms with Gasteiger partial charge in [0.2, 0.25) is 0 Å². The summed E-state index contributed by atoms with van der Waals surface area (Å²) in [6, 6.07) is 7.01. The van der Waals surface area contributed by atoms with Crippen molar-refractivity contribution >= 4 is 0 Å². The van der Waals surface area contributed by atoms with Gasteiger partial charge in [-0.15, -0.1) is 0 Å². The zero-order valence-corrected chi connectivity index (χ0v) is 9.01. The smallest absolute Gasteiger partial charge is 0.126 e. The summed E-state index contributed by atoms with van der Waals surface area (Å²) in [4.78, 5) is 0. The van der Waals surface area contributed by atoms with Crippen molar-refractivity contribution in [3.05, 3.63) is 35.6 Å². The average Bonchev–Trinajstić information content (AvgIpc) is 3.04. The highest BCUT2D eigenvalue weighted by Crippen LogP contribution is 2.31. The van der Waals surface area contributed by atoms with Gasteiger partial charge < -0.3 is 5.32 Å². The second-order valence-corrected chi connectivity index (χ2v) is 4.32. The second kappa shape index (κ2) is 5.26. The Morgan fingerprint density at radius 3 is 2.73 bits per heavy atom. The van der Waals surface area contributed by atoms with E-state index in [-0.39, 0.29) is 5.82 Å². The molecular formula is C13H18FN.